The fourth-order valence-corrected chi connectivity index (χ4v) is 2.39. The molecule has 0 aliphatic carbocycles. The zero-order chi connectivity index (χ0) is 5.28. The topological polar surface area (TPSA) is 0 Å². The van der Waals surface area contributed by atoms with Gasteiger partial charge < -0.3 is 0 Å². The summed E-state index contributed by atoms with van der Waals surface area (Å²) in [6.07, 6.45) is 4.44. The van der Waals surface area contributed by atoms with Gasteiger partial charge in [0.2, 0.25) is 0 Å². The Morgan fingerprint density at radius 2 is 2.00 bits per heavy atom. The minimum atomic E-state index is 0.465. The molecule has 0 aromatic rings. The molecule has 1 aliphatic heterocycles. The molecule has 0 N–H and O–H groups in total. The molecule has 0 nitrogen and oxygen atoms in total. The molecule has 1 heteroatoms. The van der Waals surface area contributed by atoms with Crippen molar-refractivity contribution in [2.24, 2.45) is 0 Å². The number of hydrogen-bond donors (Lipinski definition) is 0. The second-order valence-electron chi connectivity index (χ2n) is 1.73. The van der Waals surface area contributed by atoms with Crippen LogP contribution in [-0.4, -0.2) is 19.6 Å². The molecular weight excluding hydrogens is 147 g/mol. The van der Waals surface area contributed by atoms with E-state index in [9.17, 15) is 0 Å². The van der Waals surface area contributed by atoms with Gasteiger partial charge in [-0.1, -0.05) is 0 Å². The summed E-state index contributed by atoms with van der Waals surface area (Å²) in [5.41, 5.74) is 0. The van der Waals surface area contributed by atoms with Crippen LogP contribution >= 0.6 is 0 Å². The van der Waals surface area contributed by atoms with E-state index in [1.54, 1.807) is 9.01 Å². The molecule has 0 fully saturated rings. The predicted octanol–water partition coefficient (Wildman–Crippen LogP) is 1.00. The van der Waals surface area contributed by atoms with Crippen molar-refractivity contribution in [3.05, 3.63) is 16.9 Å². The van der Waals surface area contributed by atoms with Gasteiger partial charge in [0.05, 0.1) is 0 Å². The van der Waals surface area contributed by atoms with Gasteiger partial charge in [-0.25, -0.2) is 0 Å². The third-order valence-corrected chi connectivity index (χ3v) is 3.02. The van der Waals surface area contributed by atoms with E-state index in [2.05, 4.69) is 26.0 Å². The van der Waals surface area contributed by atoms with Crippen molar-refractivity contribution in [3.8, 4) is 0 Å². The minimum absolute atomic E-state index is 0.465. The van der Waals surface area contributed by atoms with E-state index in [-0.39, 0.29) is 0 Å². The van der Waals surface area contributed by atoms with Crippen molar-refractivity contribution >= 4 is 19.6 Å². The fraction of sp³-hybridized carbons (Fsp3) is 0.333. The molecule has 0 unspecified atom stereocenters. The molecule has 0 saturated carbocycles. The van der Waals surface area contributed by atoms with Crippen LogP contribution < -0.4 is 0 Å². The maximum absolute atomic E-state index is 2.22. The fourth-order valence-electron chi connectivity index (χ4n) is 0.594. The first-order chi connectivity index (χ1) is 3.29. The van der Waals surface area contributed by atoms with Crippen LogP contribution in [0.15, 0.2) is 12.2 Å². The molecule has 0 bridgehead atoms. The van der Waals surface area contributed by atoms with Gasteiger partial charge in [-0.3, -0.25) is 0 Å². The van der Waals surface area contributed by atoms with Crippen LogP contribution in [0.25, 0.3) is 0 Å². The Kier molecular flexibility index (Phi) is 1.49. The summed E-state index contributed by atoms with van der Waals surface area (Å²) in [7, 11) is 0. The van der Waals surface area contributed by atoms with Crippen LogP contribution in [0.1, 0.15) is 13.8 Å². The van der Waals surface area contributed by atoms with E-state index in [4.69, 9.17) is 0 Å². The molecule has 0 spiro atoms. The van der Waals surface area contributed by atoms with E-state index in [1.807, 2.05) is 0 Å². The summed E-state index contributed by atoms with van der Waals surface area (Å²) < 4.78 is 3.16. The third kappa shape index (κ3) is 1.28. The van der Waals surface area contributed by atoms with E-state index in [0.717, 1.165) is 0 Å². The number of allylic oxidation sites excluding steroid dienone is 2. The van der Waals surface area contributed by atoms with Crippen LogP contribution in [0.3, 0.4) is 0 Å². The van der Waals surface area contributed by atoms with Crippen LogP contribution in [0.2, 0.25) is 0 Å². The Balaban J connectivity index is 2.69. The van der Waals surface area contributed by atoms with Crippen molar-refractivity contribution in [2.75, 3.05) is 0 Å². The first-order valence-corrected chi connectivity index (χ1v) is 4.23. The molecule has 0 atom stereocenters. The zero-order valence-electron chi connectivity index (χ0n) is 4.60. The SMILES string of the molecule is C[C]1C=CC(C)=[As]1. The van der Waals surface area contributed by atoms with Gasteiger partial charge in [0.1, 0.15) is 0 Å². The van der Waals surface area contributed by atoms with E-state index < -0.39 is 0 Å². The average molecular weight is 155 g/mol. The second-order valence-corrected chi connectivity index (χ2v) is 5.16. The zero-order valence-corrected chi connectivity index (χ0v) is 6.48. The molecule has 1 heterocycles. The summed E-state index contributed by atoms with van der Waals surface area (Å²) in [6.45, 7) is 4.40. The van der Waals surface area contributed by atoms with Gasteiger partial charge in [-0.05, 0) is 0 Å². The van der Waals surface area contributed by atoms with Gasteiger partial charge in [-0.15, -0.1) is 0 Å². The van der Waals surface area contributed by atoms with E-state index in [0.29, 0.717) is 15.3 Å². The quantitative estimate of drug-likeness (QED) is 0.458. The Labute approximate surface area is 50.8 Å². The molecule has 0 aromatic heterocycles. The summed E-state index contributed by atoms with van der Waals surface area (Å²) in [4.78, 5) is 0. The number of hydrogen-bond acceptors (Lipinski definition) is 0. The van der Waals surface area contributed by atoms with Crippen molar-refractivity contribution in [1.29, 1.82) is 0 Å². The molecular formula is C6H8As. The first-order valence-electron chi connectivity index (χ1n) is 2.36. The molecule has 37 valence electrons. The summed E-state index contributed by atoms with van der Waals surface area (Å²) >= 11 is 0.465. The van der Waals surface area contributed by atoms with Gasteiger partial charge >= 0.3 is 50.3 Å². The van der Waals surface area contributed by atoms with Crippen molar-refractivity contribution in [2.45, 2.75) is 13.8 Å². The van der Waals surface area contributed by atoms with Crippen LogP contribution in [0.5, 0.6) is 0 Å². The molecule has 0 amide bonds. The standard InChI is InChI=1S/C6H8As/c1-5-3-4-6(2)7-5/h3-4H,1-2H3. The number of rotatable bonds is 0. The molecule has 7 heavy (non-hydrogen) atoms. The summed E-state index contributed by atoms with van der Waals surface area (Å²) in [6, 6.07) is 0. The molecule has 0 saturated heterocycles. The van der Waals surface area contributed by atoms with E-state index >= 15 is 0 Å². The van der Waals surface area contributed by atoms with Gasteiger partial charge in [0, 0.05) is 0 Å². The summed E-state index contributed by atoms with van der Waals surface area (Å²) in [5, 5.41) is 0. The van der Waals surface area contributed by atoms with Crippen molar-refractivity contribution in [1.82, 2.24) is 0 Å². The third-order valence-electron chi connectivity index (χ3n) is 0.918. The molecule has 1 rings (SSSR count). The van der Waals surface area contributed by atoms with Gasteiger partial charge in [-0.2, -0.15) is 0 Å². The maximum atomic E-state index is 2.22. The average Bonchev–Trinajstić information content (AvgIpc) is 1.87. The van der Waals surface area contributed by atoms with Crippen molar-refractivity contribution < 1.29 is 0 Å². The summed E-state index contributed by atoms with van der Waals surface area (Å²) in [5.74, 6) is 0. The Bertz CT molecular complexity index is 122. The molecule has 0 aromatic carbocycles. The van der Waals surface area contributed by atoms with E-state index in [1.165, 1.54) is 0 Å². The normalized spacial score (nSPS) is 22.9. The predicted molar refractivity (Wildman–Crippen MR) is 34.5 cm³/mol. The van der Waals surface area contributed by atoms with Crippen LogP contribution in [0.4, 0.5) is 0 Å². The molecule has 1 aliphatic rings. The Morgan fingerprint density at radius 3 is 2.14 bits per heavy atom. The monoisotopic (exact) mass is 155 g/mol. The van der Waals surface area contributed by atoms with Crippen LogP contribution in [-0.2, 0) is 0 Å². The van der Waals surface area contributed by atoms with Crippen LogP contribution in [0, 0.1) is 4.71 Å². The Hall–Kier alpha value is 0.168. The first kappa shape index (κ1) is 5.31. The molecule has 1 radical (unpaired) electrons. The van der Waals surface area contributed by atoms with Gasteiger partial charge in [0.25, 0.3) is 0 Å². The second kappa shape index (κ2) is 1.96. The van der Waals surface area contributed by atoms with Gasteiger partial charge in [0.15, 0.2) is 0 Å². The van der Waals surface area contributed by atoms with Crippen molar-refractivity contribution in [3.63, 3.8) is 0 Å². The Morgan fingerprint density at radius 1 is 1.29 bits per heavy atom.